The third-order valence-corrected chi connectivity index (χ3v) is 7.16. The highest BCUT2D eigenvalue weighted by Gasteiger charge is 2.34. The van der Waals surface area contributed by atoms with Crippen LogP contribution < -0.4 is 14.2 Å². The smallest absolute Gasteiger partial charge is 0.254 e. The lowest BCUT2D eigenvalue weighted by Crippen LogP contribution is -2.33. The fourth-order valence-corrected chi connectivity index (χ4v) is 4.64. The largest absolute Gasteiger partial charge is 0.481 e. The highest BCUT2D eigenvalue weighted by molar-refractivity contribution is 7.93. The van der Waals surface area contributed by atoms with Crippen molar-refractivity contribution in [3.63, 3.8) is 0 Å². The molecule has 0 saturated heterocycles. The van der Waals surface area contributed by atoms with Gasteiger partial charge in [-0.3, -0.25) is 19.3 Å². The second kappa shape index (κ2) is 10.9. The van der Waals surface area contributed by atoms with Crippen molar-refractivity contribution in [3.05, 3.63) is 53.8 Å². The molecule has 1 N–H and O–H groups in total. The van der Waals surface area contributed by atoms with E-state index >= 15 is 0 Å². The summed E-state index contributed by atoms with van der Waals surface area (Å²) in [5, 5.41) is 11.0. The zero-order valence-corrected chi connectivity index (χ0v) is 21.6. The Labute approximate surface area is 213 Å². The quantitative estimate of drug-likeness (QED) is 0.300. The maximum atomic E-state index is 13.4. The van der Waals surface area contributed by atoms with Crippen molar-refractivity contribution in [1.82, 2.24) is 34.9 Å². The number of hydrogen-bond acceptors (Lipinski definition) is 12. The highest BCUT2D eigenvalue weighted by atomic mass is 32.2. The molecule has 37 heavy (non-hydrogen) atoms. The first-order chi connectivity index (χ1) is 17.7. The Morgan fingerprint density at radius 2 is 1.86 bits per heavy atom. The molecule has 0 aromatic carbocycles. The predicted molar refractivity (Wildman–Crippen MR) is 130 cm³/mol. The molecule has 0 amide bonds. The molecule has 4 aromatic heterocycles. The Morgan fingerprint density at radius 1 is 1.08 bits per heavy atom. The van der Waals surface area contributed by atoms with Gasteiger partial charge in [-0.15, -0.1) is 10.2 Å². The number of aryl methyl sites for hydroxylation is 1. The second-order valence-corrected chi connectivity index (χ2v) is 9.96. The van der Waals surface area contributed by atoms with Gasteiger partial charge in [-0.25, -0.2) is 13.4 Å². The number of rotatable bonds is 11. The third kappa shape index (κ3) is 5.67. The molecule has 0 aliphatic heterocycles. The highest BCUT2D eigenvalue weighted by Crippen LogP contribution is 2.27. The molecule has 4 heterocycles. The van der Waals surface area contributed by atoms with Crippen LogP contribution in [0.2, 0.25) is 0 Å². The summed E-state index contributed by atoms with van der Waals surface area (Å²) in [6.45, 7) is 3.32. The van der Waals surface area contributed by atoms with Gasteiger partial charge in [0.2, 0.25) is 21.9 Å². The van der Waals surface area contributed by atoms with Crippen molar-refractivity contribution in [2.75, 3.05) is 26.1 Å². The Bertz CT molecular complexity index is 1450. The number of methoxy groups -OCH3 is 3. The zero-order chi connectivity index (χ0) is 26.6. The maximum Gasteiger partial charge on any atom is 0.254 e. The van der Waals surface area contributed by atoms with Crippen LogP contribution >= 0.6 is 0 Å². The molecule has 0 unspecified atom stereocenters. The Balaban J connectivity index is 1.70. The Morgan fingerprint density at radius 3 is 2.51 bits per heavy atom. The maximum absolute atomic E-state index is 13.4. The van der Waals surface area contributed by atoms with Crippen LogP contribution in [-0.4, -0.2) is 69.9 Å². The molecule has 2 atom stereocenters. The van der Waals surface area contributed by atoms with Crippen molar-refractivity contribution in [2.45, 2.75) is 31.7 Å². The molecule has 4 rings (SSSR count). The molecule has 0 aliphatic rings. The summed E-state index contributed by atoms with van der Waals surface area (Å²) in [6.07, 6.45) is 2.14. The molecular formula is C22H26N8O6S. The molecule has 0 saturated carbocycles. The van der Waals surface area contributed by atoms with Crippen LogP contribution in [0.15, 0.2) is 41.2 Å². The summed E-state index contributed by atoms with van der Waals surface area (Å²) in [5.41, 5.74) is 1.48. The number of aromatic nitrogens is 7. The van der Waals surface area contributed by atoms with Gasteiger partial charge in [-0.2, -0.15) is 0 Å². The van der Waals surface area contributed by atoms with E-state index in [1.54, 1.807) is 37.4 Å². The number of pyridine rings is 1. The van der Waals surface area contributed by atoms with Gasteiger partial charge in [-0.05, 0) is 25.1 Å². The van der Waals surface area contributed by atoms with E-state index in [9.17, 15) is 8.42 Å². The summed E-state index contributed by atoms with van der Waals surface area (Å²) in [7, 11) is 0.292. The Hall–Kier alpha value is -4.11. The van der Waals surface area contributed by atoms with E-state index in [0.717, 1.165) is 0 Å². The van der Waals surface area contributed by atoms with E-state index < -0.39 is 21.4 Å². The van der Waals surface area contributed by atoms with Gasteiger partial charge in [0, 0.05) is 25.4 Å². The van der Waals surface area contributed by atoms with Crippen molar-refractivity contribution in [2.24, 2.45) is 0 Å². The van der Waals surface area contributed by atoms with Crippen LogP contribution in [0.4, 0.5) is 5.95 Å². The number of anilines is 1. The lowest BCUT2D eigenvalue weighted by atomic mass is 10.2. The minimum Gasteiger partial charge on any atom is -0.481 e. The van der Waals surface area contributed by atoms with Gasteiger partial charge >= 0.3 is 0 Å². The van der Waals surface area contributed by atoms with Gasteiger partial charge < -0.3 is 18.7 Å². The van der Waals surface area contributed by atoms with Crippen LogP contribution in [0.3, 0.4) is 0 Å². The van der Waals surface area contributed by atoms with Crippen molar-refractivity contribution < 1.29 is 27.2 Å². The van der Waals surface area contributed by atoms with E-state index in [1.165, 1.54) is 39.0 Å². The Kier molecular flexibility index (Phi) is 7.63. The summed E-state index contributed by atoms with van der Waals surface area (Å²) >= 11 is 0. The van der Waals surface area contributed by atoms with Gasteiger partial charge in [0.1, 0.15) is 17.0 Å². The molecule has 0 fully saturated rings. The van der Waals surface area contributed by atoms with E-state index in [-0.39, 0.29) is 24.2 Å². The SMILES string of the molecule is COc1cc(Cn2c(NS(=O)(=O)[C@@H](C)[C@H](OC)c3cnc(C)cn3)nnc2-c2cccc(OC)n2)on1. The summed E-state index contributed by atoms with van der Waals surface area (Å²) in [4.78, 5) is 12.8. The van der Waals surface area contributed by atoms with E-state index in [0.29, 0.717) is 28.7 Å². The molecular weight excluding hydrogens is 504 g/mol. The number of nitrogens with zero attached hydrogens (tertiary/aromatic N) is 7. The minimum atomic E-state index is -4.06. The average Bonchev–Trinajstić information content (AvgIpc) is 3.52. The normalized spacial score (nSPS) is 13.2. The number of hydrogen-bond donors (Lipinski definition) is 1. The minimum absolute atomic E-state index is 0.0287. The van der Waals surface area contributed by atoms with Gasteiger partial charge in [-0.1, -0.05) is 6.07 Å². The molecule has 0 bridgehead atoms. The number of ether oxygens (including phenoxy) is 3. The average molecular weight is 531 g/mol. The zero-order valence-electron chi connectivity index (χ0n) is 20.8. The molecule has 0 aliphatic carbocycles. The van der Waals surface area contributed by atoms with Crippen LogP contribution in [0.25, 0.3) is 11.5 Å². The van der Waals surface area contributed by atoms with Crippen molar-refractivity contribution in [1.29, 1.82) is 0 Å². The standard InChI is InChI=1S/C22H26N8O6S/c1-13-10-24-17(11-23-13)20(35-5)14(2)37(31,32)29-22-27-26-21(16-7-6-8-18(25-16)33-3)30(22)12-15-9-19(34-4)28-36-15/h6-11,14,20H,12H2,1-5H3,(H,27,29)/t14-,20-/m0/s1. The van der Waals surface area contributed by atoms with Gasteiger partial charge in [0.05, 0.1) is 38.3 Å². The topological polar surface area (TPSA) is 169 Å². The van der Waals surface area contributed by atoms with Crippen LogP contribution in [0, 0.1) is 6.92 Å². The molecule has 0 radical (unpaired) electrons. The van der Waals surface area contributed by atoms with Crippen LogP contribution in [-0.2, 0) is 21.3 Å². The molecule has 4 aromatic rings. The van der Waals surface area contributed by atoms with Crippen LogP contribution in [0.5, 0.6) is 11.8 Å². The van der Waals surface area contributed by atoms with Crippen molar-refractivity contribution >= 4 is 16.0 Å². The molecule has 15 heteroatoms. The first-order valence-electron chi connectivity index (χ1n) is 11.0. The molecule has 0 spiro atoms. The van der Waals surface area contributed by atoms with Crippen molar-refractivity contribution in [3.8, 4) is 23.3 Å². The van der Waals surface area contributed by atoms with E-state index in [2.05, 4.69) is 35.0 Å². The van der Waals surface area contributed by atoms with Crippen LogP contribution in [0.1, 0.15) is 30.2 Å². The lowest BCUT2D eigenvalue weighted by Gasteiger charge is -2.22. The second-order valence-electron chi connectivity index (χ2n) is 7.93. The first kappa shape index (κ1) is 26.0. The summed E-state index contributed by atoms with van der Waals surface area (Å²) in [6, 6.07) is 6.67. The monoisotopic (exact) mass is 530 g/mol. The van der Waals surface area contributed by atoms with E-state index in [4.69, 9.17) is 18.7 Å². The fourth-order valence-electron chi connectivity index (χ4n) is 3.48. The predicted octanol–water partition coefficient (Wildman–Crippen LogP) is 2.01. The lowest BCUT2D eigenvalue weighted by molar-refractivity contribution is 0.0985. The first-order valence-corrected chi connectivity index (χ1v) is 12.6. The summed E-state index contributed by atoms with van der Waals surface area (Å²) < 4.78 is 52.0. The van der Waals surface area contributed by atoms with E-state index in [1.807, 2.05) is 0 Å². The molecule has 14 nitrogen and oxygen atoms in total. The van der Waals surface area contributed by atoms with Gasteiger partial charge in [0.25, 0.3) is 5.88 Å². The summed E-state index contributed by atoms with van der Waals surface area (Å²) in [5.74, 6) is 1.20. The fraction of sp³-hybridized carbons (Fsp3) is 0.364. The molecule has 196 valence electrons. The third-order valence-electron chi connectivity index (χ3n) is 5.47. The number of sulfonamides is 1. The number of nitrogens with one attached hydrogen (secondary N) is 1. The van der Waals surface area contributed by atoms with Gasteiger partial charge in [0.15, 0.2) is 11.6 Å².